The highest BCUT2D eigenvalue weighted by atomic mass is 32.2. The maximum Gasteiger partial charge on any atom is 0.215 e. The van der Waals surface area contributed by atoms with E-state index in [9.17, 15) is 0 Å². The molecule has 0 aliphatic carbocycles. The van der Waals surface area contributed by atoms with Gasteiger partial charge in [0.15, 0.2) is 0 Å². The first kappa shape index (κ1) is 14.7. The Morgan fingerprint density at radius 2 is 2.15 bits per heavy atom. The zero-order valence-corrected chi connectivity index (χ0v) is 13.0. The van der Waals surface area contributed by atoms with Crippen LogP contribution < -0.4 is 5.32 Å². The van der Waals surface area contributed by atoms with E-state index in [0.29, 0.717) is 11.1 Å². The van der Waals surface area contributed by atoms with Crippen LogP contribution in [-0.4, -0.2) is 36.7 Å². The number of hydrogen-bond acceptors (Lipinski definition) is 7. The lowest BCUT2D eigenvalue weighted by Gasteiger charge is -2.15. The third-order valence-corrected chi connectivity index (χ3v) is 3.78. The summed E-state index contributed by atoms with van der Waals surface area (Å²) in [6.45, 7) is 7.29. The van der Waals surface area contributed by atoms with E-state index in [1.54, 1.807) is 11.0 Å². The molecule has 1 N–H and O–H groups in total. The largest absolute Gasteiger partial charge is 0.370 e. The molecule has 2 heterocycles. The van der Waals surface area contributed by atoms with Crippen LogP contribution in [0.15, 0.2) is 16.5 Å². The molecule has 2 rings (SSSR count). The van der Waals surface area contributed by atoms with Crippen molar-refractivity contribution in [1.29, 1.82) is 0 Å². The van der Waals surface area contributed by atoms with Crippen molar-refractivity contribution in [2.24, 2.45) is 7.05 Å². The minimum atomic E-state index is 0.319. The van der Waals surface area contributed by atoms with Crippen molar-refractivity contribution >= 4 is 17.6 Å². The summed E-state index contributed by atoms with van der Waals surface area (Å²) in [5, 5.41) is 16.4. The van der Waals surface area contributed by atoms with Crippen molar-refractivity contribution in [1.82, 2.24) is 30.2 Å². The van der Waals surface area contributed by atoms with Crippen LogP contribution in [0.5, 0.6) is 0 Å². The van der Waals surface area contributed by atoms with Gasteiger partial charge in [-0.15, -0.1) is 5.10 Å². The van der Waals surface area contributed by atoms with Gasteiger partial charge in [-0.2, -0.15) is 0 Å². The Balaban J connectivity index is 2.34. The number of aryl methyl sites for hydroxylation is 1. The lowest BCUT2D eigenvalue weighted by Crippen LogP contribution is -2.08. The number of rotatable bonds is 6. The van der Waals surface area contributed by atoms with Crippen LogP contribution in [0.3, 0.4) is 0 Å². The SMILES string of the molecule is CCCNc1ncnc(Sc2nnnn2C)c1C(C)C. The second-order valence-corrected chi connectivity index (χ2v) is 5.67. The van der Waals surface area contributed by atoms with E-state index in [1.165, 1.54) is 11.8 Å². The van der Waals surface area contributed by atoms with Gasteiger partial charge in [-0.25, -0.2) is 14.6 Å². The second-order valence-electron chi connectivity index (χ2n) is 4.71. The Kier molecular flexibility index (Phi) is 4.89. The Labute approximate surface area is 122 Å². The van der Waals surface area contributed by atoms with Crippen LogP contribution in [0.1, 0.15) is 38.7 Å². The van der Waals surface area contributed by atoms with Gasteiger partial charge in [0.1, 0.15) is 17.2 Å². The van der Waals surface area contributed by atoms with Gasteiger partial charge in [0.05, 0.1) is 0 Å². The molecule has 8 heteroatoms. The van der Waals surface area contributed by atoms with Crippen LogP contribution in [0.25, 0.3) is 0 Å². The fourth-order valence-corrected chi connectivity index (χ4v) is 2.72. The summed E-state index contributed by atoms with van der Waals surface area (Å²) >= 11 is 1.46. The van der Waals surface area contributed by atoms with E-state index in [2.05, 4.69) is 51.6 Å². The third kappa shape index (κ3) is 3.24. The fraction of sp³-hybridized carbons (Fsp3) is 0.583. The molecule has 20 heavy (non-hydrogen) atoms. The average molecular weight is 293 g/mol. The number of nitrogens with zero attached hydrogens (tertiary/aromatic N) is 6. The number of anilines is 1. The van der Waals surface area contributed by atoms with E-state index in [0.717, 1.165) is 29.4 Å². The molecule has 0 aliphatic rings. The summed E-state index contributed by atoms with van der Waals surface area (Å²) in [5.41, 5.74) is 1.11. The Morgan fingerprint density at radius 3 is 2.75 bits per heavy atom. The normalized spacial score (nSPS) is 11.1. The van der Waals surface area contributed by atoms with Crippen molar-refractivity contribution in [2.75, 3.05) is 11.9 Å². The Bertz CT molecular complexity index is 567. The molecule has 7 nitrogen and oxygen atoms in total. The Morgan fingerprint density at radius 1 is 1.35 bits per heavy atom. The maximum atomic E-state index is 4.39. The zero-order valence-electron chi connectivity index (χ0n) is 12.2. The van der Waals surface area contributed by atoms with Crippen molar-refractivity contribution in [3.63, 3.8) is 0 Å². The zero-order chi connectivity index (χ0) is 14.5. The summed E-state index contributed by atoms with van der Waals surface area (Å²) in [4.78, 5) is 8.74. The lowest BCUT2D eigenvalue weighted by atomic mass is 10.1. The van der Waals surface area contributed by atoms with Crippen LogP contribution in [0, 0.1) is 0 Å². The van der Waals surface area contributed by atoms with Gasteiger partial charge in [0.2, 0.25) is 5.16 Å². The van der Waals surface area contributed by atoms with Crippen LogP contribution in [0.4, 0.5) is 5.82 Å². The molecule has 0 spiro atoms. The molecule has 0 atom stereocenters. The van der Waals surface area contributed by atoms with Crippen LogP contribution in [0.2, 0.25) is 0 Å². The molecule has 2 aromatic rings. The highest BCUT2D eigenvalue weighted by molar-refractivity contribution is 7.99. The van der Waals surface area contributed by atoms with Gasteiger partial charge in [-0.3, -0.25) is 0 Å². The quantitative estimate of drug-likeness (QED) is 0.817. The minimum absolute atomic E-state index is 0.319. The predicted octanol–water partition coefficient (Wildman–Crippen LogP) is 2.10. The van der Waals surface area contributed by atoms with E-state index in [4.69, 9.17) is 0 Å². The summed E-state index contributed by atoms with van der Waals surface area (Å²) < 4.78 is 1.63. The minimum Gasteiger partial charge on any atom is -0.370 e. The monoisotopic (exact) mass is 293 g/mol. The van der Waals surface area contributed by atoms with Gasteiger partial charge in [0.25, 0.3) is 0 Å². The maximum absolute atomic E-state index is 4.39. The standard InChI is InChI=1S/C12H19N7S/c1-5-6-13-10-9(8(2)3)11(15-7-14-10)20-12-16-17-18-19(12)4/h7-8H,5-6H2,1-4H3,(H,13,14,15). The van der Waals surface area contributed by atoms with Gasteiger partial charge in [-0.1, -0.05) is 20.8 Å². The van der Waals surface area contributed by atoms with E-state index in [1.807, 2.05) is 7.05 Å². The second kappa shape index (κ2) is 6.65. The topological polar surface area (TPSA) is 81.4 Å². The smallest absolute Gasteiger partial charge is 0.215 e. The van der Waals surface area contributed by atoms with Crippen molar-refractivity contribution < 1.29 is 0 Å². The summed E-state index contributed by atoms with van der Waals surface area (Å²) in [6.07, 6.45) is 2.63. The first-order chi connectivity index (χ1) is 9.63. The van der Waals surface area contributed by atoms with Crippen LogP contribution in [-0.2, 0) is 7.05 Å². The number of hydrogen-bond donors (Lipinski definition) is 1. The highest BCUT2D eigenvalue weighted by Crippen LogP contribution is 2.34. The van der Waals surface area contributed by atoms with Gasteiger partial charge < -0.3 is 5.32 Å². The number of aromatic nitrogens is 6. The fourth-order valence-electron chi connectivity index (χ4n) is 1.76. The summed E-state index contributed by atoms with van der Waals surface area (Å²) in [5.74, 6) is 1.22. The molecule has 0 fully saturated rings. The molecule has 0 saturated heterocycles. The van der Waals surface area contributed by atoms with Crippen molar-refractivity contribution in [3.05, 3.63) is 11.9 Å². The first-order valence-electron chi connectivity index (χ1n) is 6.62. The van der Waals surface area contributed by atoms with E-state index >= 15 is 0 Å². The molecule has 2 aromatic heterocycles. The molecular weight excluding hydrogens is 274 g/mol. The average Bonchev–Trinajstić information content (AvgIpc) is 2.81. The molecule has 108 valence electrons. The van der Waals surface area contributed by atoms with Crippen molar-refractivity contribution in [3.8, 4) is 0 Å². The molecule has 0 unspecified atom stereocenters. The van der Waals surface area contributed by atoms with Gasteiger partial charge in [-0.05, 0) is 34.5 Å². The molecule has 0 aliphatic heterocycles. The van der Waals surface area contributed by atoms with Crippen molar-refractivity contribution in [2.45, 2.75) is 43.3 Å². The number of tetrazole rings is 1. The van der Waals surface area contributed by atoms with E-state index in [-0.39, 0.29) is 0 Å². The highest BCUT2D eigenvalue weighted by Gasteiger charge is 2.17. The molecule has 0 radical (unpaired) electrons. The molecule has 0 amide bonds. The van der Waals surface area contributed by atoms with Crippen LogP contribution >= 0.6 is 11.8 Å². The molecular formula is C12H19N7S. The molecule has 0 bridgehead atoms. The lowest BCUT2D eigenvalue weighted by molar-refractivity contribution is 0.663. The first-order valence-corrected chi connectivity index (χ1v) is 7.44. The summed E-state index contributed by atoms with van der Waals surface area (Å²) in [6, 6.07) is 0. The third-order valence-electron chi connectivity index (χ3n) is 2.74. The predicted molar refractivity (Wildman–Crippen MR) is 77.8 cm³/mol. The number of nitrogens with one attached hydrogen (secondary N) is 1. The van der Waals surface area contributed by atoms with Gasteiger partial charge in [0, 0.05) is 19.2 Å². The van der Waals surface area contributed by atoms with E-state index < -0.39 is 0 Å². The van der Waals surface area contributed by atoms with Gasteiger partial charge >= 0.3 is 0 Å². The Hall–Kier alpha value is -1.70. The molecule has 0 saturated carbocycles. The molecule has 0 aromatic carbocycles. The summed E-state index contributed by atoms with van der Waals surface area (Å²) in [7, 11) is 1.81.